The molecule has 0 N–H and O–H groups in total. The number of benzene rings is 1. The van der Waals surface area contributed by atoms with Crippen LogP contribution in [-0.4, -0.2) is 11.9 Å². The van der Waals surface area contributed by atoms with Crippen LogP contribution in [-0.2, 0) is 0 Å². The zero-order valence-corrected chi connectivity index (χ0v) is 18.2. The van der Waals surface area contributed by atoms with Gasteiger partial charge >= 0.3 is 0 Å². The second kappa shape index (κ2) is 8.14. The first-order valence-electron chi connectivity index (χ1n) is 10.7. The molecule has 0 radical (unpaired) electrons. The lowest BCUT2D eigenvalue weighted by molar-refractivity contribution is 0.0146. The summed E-state index contributed by atoms with van der Waals surface area (Å²) in [7, 11) is 0. The third-order valence-corrected chi connectivity index (χ3v) is 8.53. The molecule has 3 aliphatic rings. The van der Waals surface area contributed by atoms with Gasteiger partial charge in [-0.3, -0.25) is 0 Å². The van der Waals surface area contributed by atoms with Crippen LogP contribution in [0.2, 0.25) is 5.02 Å². The maximum Gasteiger partial charge on any atom is 0.140 e. The molecule has 3 saturated carbocycles. The van der Waals surface area contributed by atoms with E-state index in [2.05, 4.69) is 13.8 Å². The summed E-state index contributed by atoms with van der Waals surface area (Å²) < 4.78 is 20.7. The van der Waals surface area contributed by atoms with Gasteiger partial charge in [0.05, 0.1) is 11.6 Å². The highest BCUT2D eigenvalue weighted by molar-refractivity contribution is 8.00. The van der Waals surface area contributed by atoms with E-state index in [9.17, 15) is 4.39 Å². The predicted molar refractivity (Wildman–Crippen MR) is 112 cm³/mol. The van der Waals surface area contributed by atoms with E-state index in [-0.39, 0.29) is 11.2 Å². The minimum Gasteiger partial charge on any atom is -0.491 e. The lowest BCUT2D eigenvalue weighted by Gasteiger charge is -2.47. The minimum atomic E-state index is -0.189. The Morgan fingerprint density at radius 3 is 2.48 bits per heavy atom. The molecule has 1 aromatic carbocycles. The Morgan fingerprint density at radius 2 is 1.81 bits per heavy atom. The van der Waals surface area contributed by atoms with Crippen molar-refractivity contribution in [1.82, 2.24) is 0 Å². The number of thioether (sulfide) groups is 1. The van der Waals surface area contributed by atoms with Crippen LogP contribution in [0.1, 0.15) is 71.6 Å². The number of ether oxygens (including phenoxy) is 1. The Bertz CT molecular complexity index is 655. The SMILES string of the molecule is CC1C[C@@H]2C[C@H](C1)CC(C)(COc1cc(F)c(SC3CCCC3)cc1Cl)C2. The molecule has 0 amide bonds. The van der Waals surface area contributed by atoms with E-state index in [1.54, 1.807) is 17.8 Å². The molecular formula is C23H32ClFOS. The van der Waals surface area contributed by atoms with Gasteiger partial charge in [-0.05, 0) is 68.8 Å². The maximum absolute atomic E-state index is 14.6. The number of halogens is 2. The fourth-order valence-electron chi connectivity index (χ4n) is 5.98. The van der Waals surface area contributed by atoms with Crippen LogP contribution in [0.15, 0.2) is 17.0 Å². The summed E-state index contributed by atoms with van der Waals surface area (Å²) >= 11 is 8.10. The van der Waals surface area contributed by atoms with Gasteiger partial charge in [-0.15, -0.1) is 11.8 Å². The van der Waals surface area contributed by atoms with Crippen molar-refractivity contribution < 1.29 is 9.13 Å². The molecule has 4 heteroatoms. The molecule has 0 spiro atoms. The molecular weight excluding hydrogens is 379 g/mol. The van der Waals surface area contributed by atoms with Gasteiger partial charge in [-0.1, -0.05) is 38.3 Å². The van der Waals surface area contributed by atoms with E-state index in [4.69, 9.17) is 16.3 Å². The first-order chi connectivity index (χ1) is 12.9. The molecule has 0 heterocycles. The maximum atomic E-state index is 14.6. The van der Waals surface area contributed by atoms with E-state index in [1.807, 2.05) is 0 Å². The van der Waals surface area contributed by atoms with E-state index in [0.717, 1.165) is 17.8 Å². The fraction of sp³-hybridized carbons (Fsp3) is 0.739. The fourth-order valence-corrected chi connectivity index (χ4v) is 7.54. The van der Waals surface area contributed by atoms with Gasteiger partial charge in [0.2, 0.25) is 0 Å². The molecule has 0 aromatic heterocycles. The molecule has 0 saturated heterocycles. The Kier molecular flexibility index (Phi) is 6.00. The normalized spacial score (nSPS) is 34.0. The Morgan fingerprint density at radius 1 is 1.15 bits per heavy atom. The first kappa shape index (κ1) is 19.9. The minimum absolute atomic E-state index is 0.185. The van der Waals surface area contributed by atoms with E-state index >= 15 is 0 Å². The number of hydrogen-bond acceptors (Lipinski definition) is 2. The van der Waals surface area contributed by atoms with Crippen LogP contribution < -0.4 is 4.74 Å². The van der Waals surface area contributed by atoms with Crippen LogP contribution in [0.25, 0.3) is 0 Å². The highest BCUT2D eigenvalue weighted by Crippen LogP contribution is 2.50. The summed E-state index contributed by atoms with van der Waals surface area (Å²) in [5.41, 5.74) is 0.185. The van der Waals surface area contributed by atoms with Crippen molar-refractivity contribution in [2.24, 2.45) is 23.2 Å². The van der Waals surface area contributed by atoms with Gasteiger partial charge < -0.3 is 4.74 Å². The van der Waals surface area contributed by atoms with Gasteiger partial charge in [-0.2, -0.15) is 0 Å². The van der Waals surface area contributed by atoms with Gasteiger partial charge in [0, 0.05) is 21.6 Å². The van der Waals surface area contributed by atoms with Crippen LogP contribution in [0.3, 0.4) is 0 Å². The summed E-state index contributed by atoms with van der Waals surface area (Å²) in [6, 6.07) is 3.28. The number of rotatable bonds is 5. The van der Waals surface area contributed by atoms with E-state index in [0.29, 0.717) is 27.5 Å². The van der Waals surface area contributed by atoms with Crippen LogP contribution in [0, 0.1) is 29.0 Å². The molecule has 3 aliphatic carbocycles. The van der Waals surface area contributed by atoms with E-state index in [1.165, 1.54) is 63.9 Å². The Hall–Kier alpha value is -0.410. The smallest absolute Gasteiger partial charge is 0.140 e. The summed E-state index contributed by atoms with van der Waals surface area (Å²) in [5, 5.41) is 1.08. The van der Waals surface area contributed by atoms with Gasteiger partial charge in [0.15, 0.2) is 0 Å². The molecule has 2 bridgehead atoms. The third kappa shape index (κ3) is 4.78. The monoisotopic (exact) mass is 410 g/mol. The van der Waals surface area contributed by atoms with Crippen molar-refractivity contribution in [3.63, 3.8) is 0 Å². The van der Waals surface area contributed by atoms with Crippen molar-refractivity contribution >= 4 is 23.4 Å². The second-order valence-corrected chi connectivity index (χ2v) is 11.5. The van der Waals surface area contributed by atoms with Crippen molar-refractivity contribution in [3.8, 4) is 5.75 Å². The summed E-state index contributed by atoms with van der Waals surface area (Å²) in [6.45, 7) is 5.38. The molecule has 2 unspecified atom stereocenters. The van der Waals surface area contributed by atoms with Crippen molar-refractivity contribution in [1.29, 1.82) is 0 Å². The Labute approximate surface area is 172 Å². The van der Waals surface area contributed by atoms with Crippen LogP contribution in [0.5, 0.6) is 5.75 Å². The zero-order chi connectivity index (χ0) is 19.0. The highest BCUT2D eigenvalue weighted by atomic mass is 35.5. The standard InChI is InChI=1S/C23H32ClFOS/c1-15-7-16-9-17(8-15)13-23(2,12-16)14-26-21-11-20(25)22(10-19(21)24)27-18-5-3-4-6-18/h10-11,15-18H,3-9,12-14H2,1-2H3/t15?,16-,17+,23?. The molecule has 1 aromatic rings. The summed E-state index contributed by atoms with van der Waals surface area (Å²) in [5.74, 6) is 2.85. The summed E-state index contributed by atoms with van der Waals surface area (Å²) in [4.78, 5) is 0.673. The lowest BCUT2D eigenvalue weighted by Crippen LogP contribution is -2.39. The van der Waals surface area contributed by atoms with Crippen LogP contribution >= 0.6 is 23.4 Å². The summed E-state index contributed by atoms with van der Waals surface area (Å²) in [6.07, 6.45) is 11.4. The zero-order valence-electron chi connectivity index (χ0n) is 16.6. The largest absolute Gasteiger partial charge is 0.491 e. The average Bonchev–Trinajstić information content (AvgIpc) is 3.08. The number of hydrogen-bond donors (Lipinski definition) is 0. The van der Waals surface area contributed by atoms with Gasteiger partial charge in [-0.25, -0.2) is 4.39 Å². The topological polar surface area (TPSA) is 9.23 Å². The Balaban J connectivity index is 1.40. The van der Waals surface area contributed by atoms with E-state index < -0.39 is 0 Å². The molecule has 150 valence electrons. The first-order valence-corrected chi connectivity index (χ1v) is 11.9. The average molecular weight is 411 g/mol. The van der Waals surface area contributed by atoms with Crippen molar-refractivity contribution in [3.05, 3.63) is 23.0 Å². The van der Waals surface area contributed by atoms with Crippen LogP contribution in [0.4, 0.5) is 4.39 Å². The lowest BCUT2D eigenvalue weighted by atomic mass is 9.60. The third-order valence-electron chi connectivity index (χ3n) is 6.86. The second-order valence-electron chi connectivity index (χ2n) is 9.79. The predicted octanol–water partition coefficient (Wildman–Crippen LogP) is 7.75. The molecule has 1 nitrogen and oxygen atoms in total. The highest BCUT2D eigenvalue weighted by Gasteiger charge is 2.41. The van der Waals surface area contributed by atoms with Crippen molar-refractivity contribution in [2.75, 3.05) is 6.61 Å². The molecule has 27 heavy (non-hydrogen) atoms. The molecule has 4 rings (SSSR count). The van der Waals surface area contributed by atoms with Gasteiger partial charge in [0.25, 0.3) is 0 Å². The molecule has 4 atom stereocenters. The molecule has 3 fully saturated rings. The molecule has 0 aliphatic heterocycles. The quantitative estimate of drug-likeness (QED) is 0.490. The van der Waals surface area contributed by atoms with Crippen molar-refractivity contribution in [2.45, 2.75) is 81.8 Å². The van der Waals surface area contributed by atoms with Gasteiger partial charge in [0.1, 0.15) is 11.6 Å². The number of fused-ring (bicyclic) bond motifs is 2.